The molecule has 4 aromatic rings. The lowest BCUT2D eigenvalue weighted by Crippen LogP contribution is -2.26. The molecule has 65 heavy (non-hydrogen) atoms. The van der Waals surface area contributed by atoms with E-state index in [4.69, 9.17) is 9.47 Å². The van der Waals surface area contributed by atoms with Gasteiger partial charge in [-0.05, 0) is 167 Å². The topological polar surface area (TPSA) is 96.2 Å². The summed E-state index contributed by atoms with van der Waals surface area (Å²) in [7, 11) is 0. The van der Waals surface area contributed by atoms with Gasteiger partial charge in [-0.15, -0.1) is 0 Å². The van der Waals surface area contributed by atoms with E-state index in [0.29, 0.717) is 25.4 Å². The molecule has 0 amide bonds. The van der Waals surface area contributed by atoms with Crippen LogP contribution in [0.4, 0.5) is 0 Å². The van der Waals surface area contributed by atoms with Gasteiger partial charge < -0.3 is 24.8 Å². The third kappa shape index (κ3) is 12.6. The average Bonchev–Trinajstić information content (AvgIpc) is 3.94. The third-order valence-corrected chi connectivity index (χ3v) is 15.0. The second-order valence-corrected chi connectivity index (χ2v) is 19.1. The number of carbonyl (C=O) groups excluding carboxylic acids is 1. The molecule has 0 unspecified atom stereocenters. The minimum atomic E-state index is -0.635. The van der Waals surface area contributed by atoms with Gasteiger partial charge in [0.25, 0.3) is 0 Å². The highest BCUT2D eigenvalue weighted by atomic mass is 16.5. The highest BCUT2D eigenvalue weighted by molar-refractivity contribution is 5.69. The zero-order valence-corrected chi connectivity index (χ0v) is 41.3. The highest BCUT2D eigenvalue weighted by Crippen LogP contribution is 2.43. The summed E-state index contributed by atoms with van der Waals surface area (Å²) in [5.41, 5.74) is 10.7. The number of rotatable bonds is 19. The molecule has 0 aliphatic heterocycles. The van der Waals surface area contributed by atoms with E-state index in [2.05, 4.69) is 127 Å². The fraction of sp³-hybridized carbons (Fsp3) is 0.508. The summed E-state index contributed by atoms with van der Waals surface area (Å²) in [4.78, 5) is 11.5. The third-order valence-electron chi connectivity index (χ3n) is 15.0. The maximum atomic E-state index is 11.5. The monoisotopic (exact) mass is 885 g/mol. The molecule has 0 bridgehead atoms. The minimum Gasteiger partial charge on any atom is -0.508 e. The summed E-state index contributed by atoms with van der Waals surface area (Å²) >= 11 is 0. The number of carbonyl (C=O) groups is 1. The lowest BCUT2D eigenvalue weighted by atomic mass is 9.70. The molecule has 0 aromatic heterocycles. The first-order chi connectivity index (χ1) is 31.1. The second-order valence-electron chi connectivity index (χ2n) is 19.1. The first-order valence-electron chi connectivity index (χ1n) is 24.9. The van der Waals surface area contributed by atoms with Gasteiger partial charge in [0.05, 0.1) is 24.4 Å². The van der Waals surface area contributed by atoms with Crippen LogP contribution >= 0.6 is 0 Å². The Hall–Kier alpha value is -4.65. The standard InChI is InChI=1S/C33H46O4.C26H34O2/c1-6-33(7-2,28-15-14-27(25(4)23-28)18-21-32(35)19-10-11-20-32)29-16-17-30(26(5)24-29)37-22-12-9-13-31(34)36-8-3;1-5-26(6-2,23-11-12-24(27)20(4)18-23)22-10-9-21(19(3)17-22)13-16-25(28)14-7-8-15-25/h14-18,21,23-24,35H,6-13,19-20,22H2,1-5H3;9-13,16-18,27-28H,5-8,14-15H2,1-4H3/b21-18+;16-13+. The quantitative estimate of drug-likeness (QED) is 0.0641. The number of hydrogen-bond donors (Lipinski definition) is 3. The number of ether oxygens (including phenoxy) is 2. The molecule has 0 heterocycles. The van der Waals surface area contributed by atoms with E-state index < -0.39 is 11.2 Å². The smallest absolute Gasteiger partial charge is 0.305 e. The zero-order chi connectivity index (χ0) is 47.3. The lowest BCUT2D eigenvalue weighted by Gasteiger charge is -2.34. The van der Waals surface area contributed by atoms with Crippen molar-refractivity contribution in [1.82, 2.24) is 0 Å². The largest absolute Gasteiger partial charge is 0.508 e. The normalized spacial score (nSPS) is 15.9. The Morgan fingerprint density at radius 3 is 1.40 bits per heavy atom. The van der Waals surface area contributed by atoms with Crippen molar-refractivity contribution in [2.45, 2.75) is 181 Å². The molecular formula is C59H80O6. The van der Waals surface area contributed by atoms with Gasteiger partial charge in [0.1, 0.15) is 11.5 Å². The van der Waals surface area contributed by atoms with Crippen molar-refractivity contribution in [3.8, 4) is 11.5 Å². The summed E-state index contributed by atoms with van der Waals surface area (Å²) in [6, 6.07) is 26.1. The van der Waals surface area contributed by atoms with Crippen molar-refractivity contribution in [3.63, 3.8) is 0 Å². The van der Waals surface area contributed by atoms with Crippen LogP contribution in [0.3, 0.4) is 0 Å². The number of esters is 1. The van der Waals surface area contributed by atoms with Gasteiger partial charge >= 0.3 is 5.97 Å². The molecule has 6 nitrogen and oxygen atoms in total. The molecule has 0 saturated heterocycles. The van der Waals surface area contributed by atoms with Crippen LogP contribution in [0.1, 0.15) is 187 Å². The first kappa shape index (κ1) is 51.3. The van der Waals surface area contributed by atoms with Gasteiger partial charge in [0.15, 0.2) is 0 Å². The van der Waals surface area contributed by atoms with Crippen LogP contribution in [-0.2, 0) is 20.4 Å². The van der Waals surface area contributed by atoms with E-state index in [-0.39, 0.29) is 16.8 Å². The summed E-state index contributed by atoms with van der Waals surface area (Å²) < 4.78 is 11.0. The summed E-state index contributed by atoms with van der Waals surface area (Å²) in [5.74, 6) is 1.12. The van der Waals surface area contributed by atoms with Gasteiger partial charge in [-0.2, -0.15) is 0 Å². The number of hydrogen-bond acceptors (Lipinski definition) is 6. The fourth-order valence-electron chi connectivity index (χ4n) is 10.4. The number of aromatic hydroxyl groups is 1. The Kier molecular flexibility index (Phi) is 18.3. The van der Waals surface area contributed by atoms with Crippen LogP contribution in [0.5, 0.6) is 11.5 Å². The molecule has 0 radical (unpaired) electrons. The Morgan fingerprint density at radius 1 is 0.585 bits per heavy atom. The molecule has 2 saturated carbocycles. The summed E-state index contributed by atoms with van der Waals surface area (Å²) in [6.45, 7) is 20.3. The van der Waals surface area contributed by atoms with Crippen molar-refractivity contribution >= 4 is 18.1 Å². The molecule has 6 heteroatoms. The number of phenols is 1. The summed E-state index contributed by atoms with van der Waals surface area (Å²) in [6.07, 6.45) is 22.2. The van der Waals surface area contributed by atoms with Gasteiger partial charge in [-0.1, -0.05) is 138 Å². The second kappa shape index (κ2) is 23.2. The fourth-order valence-corrected chi connectivity index (χ4v) is 10.4. The van der Waals surface area contributed by atoms with Crippen LogP contribution in [-0.4, -0.2) is 45.7 Å². The Balaban J connectivity index is 0.000000253. The van der Waals surface area contributed by atoms with Crippen molar-refractivity contribution in [2.24, 2.45) is 0 Å². The van der Waals surface area contributed by atoms with Crippen LogP contribution in [0.2, 0.25) is 0 Å². The van der Waals surface area contributed by atoms with E-state index in [0.717, 1.165) is 107 Å². The average molecular weight is 885 g/mol. The van der Waals surface area contributed by atoms with Gasteiger partial charge in [-0.3, -0.25) is 4.79 Å². The Morgan fingerprint density at radius 2 is 1.00 bits per heavy atom. The van der Waals surface area contributed by atoms with Crippen molar-refractivity contribution in [2.75, 3.05) is 13.2 Å². The number of phenolic OH excluding ortho intramolecular Hbond substituents is 1. The van der Waals surface area contributed by atoms with Crippen LogP contribution in [0.25, 0.3) is 12.2 Å². The van der Waals surface area contributed by atoms with E-state index >= 15 is 0 Å². The van der Waals surface area contributed by atoms with Crippen molar-refractivity contribution in [1.29, 1.82) is 0 Å². The molecule has 2 fully saturated rings. The molecule has 0 spiro atoms. The predicted molar refractivity (Wildman–Crippen MR) is 270 cm³/mol. The molecule has 4 aromatic carbocycles. The molecule has 2 aliphatic rings. The Bertz CT molecular complexity index is 2230. The predicted octanol–water partition coefficient (Wildman–Crippen LogP) is 14.3. The van der Waals surface area contributed by atoms with E-state index in [1.165, 1.54) is 44.5 Å². The SMILES string of the molecule is CCC(CC)(c1ccc(O)c(C)c1)c1ccc(/C=C/C2(O)CCCC2)c(C)c1.CCOC(=O)CCCCOc1ccc(C(CC)(CC)c2ccc(/C=C/C3(O)CCCC3)c(C)c2)cc1C. The van der Waals surface area contributed by atoms with Gasteiger partial charge in [-0.25, -0.2) is 0 Å². The summed E-state index contributed by atoms with van der Waals surface area (Å²) in [5, 5.41) is 31.2. The molecule has 2 aliphatic carbocycles. The van der Waals surface area contributed by atoms with Crippen molar-refractivity contribution < 1.29 is 29.6 Å². The maximum Gasteiger partial charge on any atom is 0.305 e. The minimum absolute atomic E-state index is 0.0604. The number of aryl methyl sites for hydroxylation is 4. The maximum absolute atomic E-state index is 11.5. The molecule has 0 atom stereocenters. The van der Waals surface area contributed by atoms with Crippen LogP contribution in [0.15, 0.2) is 84.9 Å². The highest BCUT2D eigenvalue weighted by Gasteiger charge is 2.34. The number of benzene rings is 4. The van der Waals surface area contributed by atoms with E-state index in [1.54, 1.807) is 0 Å². The molecule has 6 rings (SSSR count). The molecule has 352 valence electrons. The van der Waals surface area contributed by atoms with Gasteiger partial charge in [0.2, 0.25) is 0 Å². The first-order valence-corrected chi connectivity index (χ1v) is 24.9. The van der Waals surface area contributed by atoms with E-state index in [1.807, 2.05) is 32.1 Å². The van der Waals surface area contributed by atoms with Crippen LogP contribution < -0.4 is 4.74 Å². The van der Waals surface area contributed by atoms with Crippen LogP contribution in [0, 0.1) is 27.7 Å². The molecule has 3 N–H and O–H groups in total. The van der Waals surface area contributed by atoms with Gasteiger partial charge in [0, 0.05) is 17.3 Å². The number of aliphatic hydroxyl groups is 2. The lowest BCUT2D eigenvalue weighted by molar-refractivity contribution is -0.143. The van der Waals surface area contributed by atoms with Crippen molar-refractivity contribution in [3.05, 3.63) is 141 Å². The molecular weight excluding hydrogens is 805 g/mol. The Labute approximate surface area is 392 Å². The number of unbranched alkanes of at least 4 members (excludes halogenated alkanes) is 1. The zero-order valence-electron chi connectivity index (χ0n) is 41.3. The van der Waals surface area contributed by atoms with E-state index in [9.17, 15) is 20.1 Å².